The van der Waals surface area contributed by atoms with E-state index in [0.717, 1.165) is 35.2 Å². The molecule has 0 spiro atoms. The summed E-state index contributed by atoms with van der Waals surface area (Å²) in [5.74, 6) is 1.44. The average Bonchev–Trinajstić information content (AvgIpc) is 3.19. The number of phenols is 1. The number of carbonyl (C=O) groups excluding carboxylic acids is 1. The zero-order valence-corrected chi connectivity index (χ0v) is 19.1. The lowest BCUT2D eigenvalue weighted by atomic mass is 9.99. The maximum atomic E-state index is 12.2. The van der Waals surface area contributed by atoms with E-state index in [9.17, 15) is 9.90 Å². The highest BCUT2D eigenvalue weighted by molar-refractivity contribution is 5.92. The molecule has 4 rings (SSSR count). The van der Waals surface area contributed by atoms with Gasteiger partial charge in [-0.05, 0) is 48.6 Å². The van der Waals surface area contributed by atoms with Crippen molar-refractivity contribution in [2.75, 3.05) is 24.6 Å². The summed E-state index contributed by atoms with van der Waals surface area (Å²) in [6, 6.07) is 13.2. The average molecular weight is 435 g/mol. The monoisotopic (exact) mass is 434 g/mol. The van der Waals surface area contributed by atoms with Crippen LogP contribution in [0.3, 0.4) is 0 Å². The number of hydrogen-bond acceptors (Lipinski definition) is 6. The molecule has 1 saturated heterocycles. The lowest BCUT2D eigenvalue weighted by molar-refractivity contribution is 0.104. The fraction of sp³-hybridized carbons (Fsp3) is 0.400. The van der Waals surface area contributed by atoms with Crippen LogP contribution in [-0.4, -0.2) is 46.9 Å². The number of alkyl carbamates (subject to hydrolysis) is 1. The fourth-order valence-electron chi connectivity index (χ4n) is 3.81. The maximum absolute atomic E-state index is 12.2. The molecule has 1 aromatic heterocycles. The number of para-hydroxylation sites is 1. The Hall–Kier alpha value is -3.35. The number of aromatic hydroxyl groups is 1. The summed E-state index contributed by atoms with van der Waals surface area (Å²) in [6.07, 6.45) is 0.415. The number of anilines is 1. The van der Waals surface area contributed by atoms with Crippen LogP contribution >= 0.6 is 0 Å². The first kappa shape index (κ1) is 21.9. The van der Waals surface area contributed by atoms with E-state index >= 15 is 0 Å². The van der Waals surface area contributed by atoms with Crippen LogP contribution in [-0.2, 0) is 4.74 Å². The van der Waals surface area contributed by atoms with Gasteiger partial charge in [-0.1, -0.05) is 39.0 Å². The van der Waals surface area contributed by atoms with Crippen molar-refractivity contribution >= 4 is 22.8 Å². The van der Waals surface area contributed by atoms with Gasteiger partial charge < -0.3 is 20.1 Å². The molecule has 0 bridgehead atoms. The smallest absolute Gasteiger partial charge is 0.407 e. The summed E-state index contributed by atoms with van der Waals surface area (Å²) in [5.41, 5.74) is 2.45. The lowest BCUT2D eigenvalue weighted by Gasteiger charge is -2.21. The van der Waals surface area contributed by atoms with E-state index in [1.165, 1.54) is 0 Å². The number of aromatic nitrogens is 2. The summed E-state index contributed by atoms with van der Waals surface area (Å²) in [6.45, 7) is 9.87. The van der Waals surface area contributed by atoms with Crippen LogP contribution in [0.15, 0.2) is 42.5 Å². The Balaban J connectivity index is 1.60. The van der Waals surface area contributed by atoms with Crippen LogP contribution in [0.5, 0.6) is 5.75 Å². The van der Waals surface area contributed by atoms with Crippen LogP contribution in [0.2, 0.25) is 0 Å². The predicted octanol–water partition coefficient (Wildman–Crippen LogP) is 4.66. The Labute approximate surface area is 188 Å². The number of rotatable bonds is 4. The topological polar surface area (TPSA) is 87.6 Å². The minimum atomic E-state index is -0.384. The molecule has 0 aliphatic carbocycles. The third kappa shape index (κ3) is 4.93. The second-order valence-electron chi connectivity index (χ2n) is 9.62. The number of phenolic OH excluding ortho intramolecular Hbond substituents is 1. The first-order valence-electron chi connectivity index (χ1n) is 10.9. The number of nitrogens with zero attached hydrogens (tertiary/aromatic N) is 3. The molecule has 2 heterocycles. The van der Waals surface area contributed by atoms with Crippen LogP contribution < -0.4 is 10.2 Å². The Morgan fingerprint density at radius 2 is 2.00 bits per heavy atom. The summed E-state index contributed by atoms with van der Waals surface area (Å²) in [7, 11) is 0. The zero-order valence-electron chi connectivity index (χ0n) is 19.1. The van der Waals surface area contributed by atoms with E-state index in [4.69, 9.17) is 14.7 Å². The van der Waals surface area contributed by atoms with Gasteiger partial charge in [0.05, 0.1) is 23.7 Å². The Kier molecular flexibility index (Phi) is 5.91. The molecular weight excluding hydrogens is 404 g/mol. The summed E-state index contributed by atoms with van der Waals surface area (Å²) >= 11 is 0. The largest absolute Gasteiger partial charge is 0.507 e. The first-order chi connectivity index (χ1) is 15.2. The van der Waals surface area contributed by atoms with Crippen molar-refractivity contribution in [3.63, 3.8) is 0 Å². The van der Waals surface area contributed by atoms with Crippen molar-refractivity contribution < 1.29 is 14.6 Å². The molecule has 0 radical (unpaired) electrons. The maximum Gasteiger partial charge on any atom is 0.407 e. The fourth-order valence-corrected chi connectivity index (χ4v) is 3.81. The molecular formula is C25H30N4O3. The van der Waals surface area contributed by atoms with Crippen LogP contribution in [0.4, 0.5) is 10.6 Å². The highest BCUT2D eigenvalue weighted by Gasteiger charge is 2.28. The van der Waals surface area contributed by atoms with E-state index in [2.05, 4.69) is 10.2 Å². The standard InChI is InChI=1S/C25H30N4O3/c1-16-9-10-18-20(13-16)27-22(19-7-5-6-8-21(19)30)28-23(18)29-12-11-17(14-29)26-24(31)32-15-25(2,3)4/h5-10,13,17,30H,11-12,14-15H2,1-4H3,(H,26,31)/t17-/m1/s1. The molecule has 1 amide bonds. The van der Waals surface area contributed by atoms with E-state index in [-0.39, 0.29) is 23.3 Å². The third-order valence-corrected chi connectivity index (χ3v) is 5.42. The van der Waals surface area contributed by atoms with Gasteiger partial charge in [0, 0.05) is 18.5 Å². The highest BCUT2D eigenvalue weighted by Crippen LogP contribution is 2.33. The molecule has 2 aromatic carbocycles. The predicted molar refractivity (Wildman–Crippen MR) is 126 cm³/mol. The van der Waals surface area contributed by atoms with E-state index in [0.29, 0.717) is 24.5 Å². The SMILES string of the molecule is Cc1ccc2c(N3CC[C@@H](NC(=O)OCC(C)(C)C)C3)nc(-c3ccccc3O)nc2c1. The number of ether oxygens (including phenoxy) is 1. The number of amides is 1. The van der Waals surface area contributed by atoms with Gasteiger partial charge in [-0.15, -0.1) is 0 Å². The van der Waals surface area contributed by atoms with Crippen LogP contribution in [0.25, 0.3) is 22.3 Å². The van der Waals surface area contributed by atoms with Gasteiger partial charge >= 0.3 is 6.09 Å². The van der Waals surface area contributed by atoms with E-state index in [1.54, 1.807) is 12.1 Å². The number of hydrogen-bond donors (Lipinski definition) is 2. The van der Waals surface area contributed by atoms with Gasteiger partial charge in [-0.2, -0.15) is 0 Å². The molecule has 7 nitrogen and oxygen atoms in total. The molecule has 2 N–H and O–H groups in total. The first-order valence-corrected chi connectivity index (χ1v) is 10.9. The van der Waals surface area contributed by atoms with Gasteiger partial charge in [0.25, 0.3) is 0 Å². The lowest BCUT2D eigenvalue weighted by Crippen LogP contribution is -2.38. The molecule has 1 aliphatic rings. The molecule has 1 aliphatic heterocycles. The summed E-state index contributed by atoms with van der Waals surface area (Å²) in [4.78, 5) is 23.9. The number of benzene rings is 2. The van der Waals surface area contributed by atoms with Crippen molar-refractivity contribution in [3.05, 3.63) is 48.0 Å². The van der Waals surface area contributed by atoms with Crippen molar-refractivity contribution in [2.45, 2.75) is 40.2 Å². The van der Waals surface area contributed by atoms with Gasteiger partial charge in [-0.25, -0.2) is 14.8 Å². The normalized spacial score (nSPS) is 16.4. The van der Waals surface area contributed by atoms with Crippen molar-refractivity contribution in [1.29, 1.82) is 0 Å². The Morgan fingerprint density at radius 1 is 1.22 bits per heavy atom. The molecule has 0 unspecified atom stereocenters. The Morgan fingerprint density at radius 3 is 2.75 bits per heavy atom. The number of fused-ring (bicyclic) bond motifs is 1. The quantitative estimate of drug-likeness (QED) is 0.621. The Bertz CT molecular complexity index is 1140. The van der Waals surface area contributed by atoms with Gasteiger partial charge in [-0.3, -0.25) is 0 Å². The summed E-state index contributed by atoms with van der Waals surface area (Å²) in [5, 5.41) is 14.3. The zero-order chi connectivity index (χ0) is 22.9. The number of nitrogens with one attached hydrogen (secondary N) is 1. The minimum Gasteiger partial charge on any atom is -0.507 e. The molecule has 1 atom stereocenters. The van der Waals surface area contributed by atoms with Crippen molar-refractivity contribution in [1.82, 2.24) is 15.3 Å². The molecule has 0 saturated carbocycles. The van der Waals surface area contributed by atoms with Gasteiger partial charge in [0.2, 0.25) is 0 Å². The summed E-state index contributed by atoms with van der Waals surface area (Å²) < 4.78 is 5.36. The second-order valence-corrected chi connectivity index (χ2v) is 9.62. The molecule has 32 heavy (non-hydrogen) atoms. The minimum absolute atomic E-state index is 0.0217. The number of carbonyl (C=O) groups is 1. The van der Waals surface area contributed by atoms with E-state index in [1.807, 2.05) is 58.0 Å². The molecule has 7 heteroatoms. The van der Waals surface area contributed by atoms with Gasteiger partial charge in [0.15, 0.2) is 5.82 Å². The van der Waals surface area contributed by atoms with Crippen molar-refractivity contribution in [3.8, 4) is 17.1 Å². The van der Waals surface area contributed by atoms with Crippen LogP contribution in [0, 0.1) is 12.3 Å². The second kappa shape index (κ2) is 8.65. The third-order valence-electron chi connectivity index (χ3n) is 5.42. The van der Waals surface area contributed by atoms with Crippen molar-refractivity contribution in [2.24, 2.45) is 5.41 Å². The highest BCUT2D eigenvalue weighted by atomic mass is 16.5. The molecule has 168 valence electrons. The molecule has 3 aromatic rings. The molecule has 1 fully saturated rings. The van der Waals surface area contributed by atoms with Crippen LogP contribution in [0.1, 0.15) is 32.8 Å². The van der Waals surface area contributed by atoms with Gasteiger partial charge in [0.1, 0.15) is 11.6 Å². The van der Waals surface area contributed by atoms with E-state index < -0.39 is 0 Å². The number of aryl methyl sites for hydroxylation is 1.